The van der Waals surface area contributed by atoms with Gasteiger partial charge >= 0.3 is 0 Å². The molecule has 4 fully saturated rings. The SMILES string of the molecule is CC1CCN(C[C@H]2CCN(c3ccc4c(c3)Cn3cc(-c5ccccc5)cc3-c3nncn3-4)C2)CC1.CCCC1CN(c2ccc3c(n2)Cn2cc(-c4ccc(C#N)cc4)cc2-c2nccn2-3)C1.N#Cc1ccc(-c2cc3n(c2)Cc2cc(N4CC(CN)C4)ccc2-n2ccnc2-3)cc1. The highest BCUT2D eigenvalue weighted by Gasteiger charge is 2.32. The van der Waals surface area contributed by atoms with Gasteiger partial charge in [-0.05, 0) is 182 Å². The third-order valence-corrected chi connectivity index (χ3v) is 21.5. The van der Waals surface area contributed by atoms with Crippen LogP contribution in [0.1, 0.15) is 73.9 Å². The monoisotopic (exact) mass is 1300 g/mol. The number of anilines is 3. The van der Waals surface area contributed by atoms with Crippen LogP contribution in [0.5, 0.6) is 0 Å². The number of hydrogen-bond donors (Lipinski definition) is 1. The molecule has 18 nitrogen and oxygen atoms in total. The van der Waals surface area contributed by atoms with Crippen LogP contribution in [0.4, 0.5) is 17.2 Å². The van der Waals surface area contributed by atoms with E-state index in [9.17, 15) is 0 Å². The Labute approximate surface area is 577 Å². The fourth-order valence-corrected chi connectivity index (χ4v) is 15.9. The number of pyridine rings is 1. The Kier molecular flexibility index (Phi) is 16.2. The number of nitrogens with two attached hydrogens (primary N) is 1. The van der Waals surface area contributed by atoms with Gasteiger partial charge in [0.05, 0.1) is 69.6 Å². The van der Waals surface area contributed by atoms with Crippen LogP contribution in [-0.2, 0) is 19.6 Å². The molecule has 494 valence electrons. The van der Waals surface area contributed by atoms with Gasteiger partial charge in [-0.3, -0.25) is 13.7 Å². The van der Waals surface area contributed by atoms with Crippen molar-refractivity contribution in [2.45, 2.75) is 65.6 Å². The molecule has 0 spiro atoms. The van der Waals surface area contributed by atoms with Crippen molar-refractivity contribution in [2.24, 2.45) is 29.4 Å². The van der Waals surface area contributed by atoms with Gasteiger partial charge in [-0.15, -0.1) is 10.2 Å². The van der Waals surface area contributed by atoms with Gasteiger partial charge in [0.15, 0.2) is 17.5 Å². The molecule has 12 aromatic rings. The fraction of sp³-hybridized carbons (Fsp3) is 0.296. The number of nitrogens with zero attached hydrogens (tertiary/aromatic N) is 17. The minimum Gasteiger partial charge on any atom is -0.371 e. The normalized spacial score (nSPS) is 16.7. The van der Waals surface area contributed by atoms with E-state index in [0.29, 0.717) is 23.6 Å². The molecule has 18 heteroatoms. The number of benzene rings is 5. The molecule has 5 aromatic carbocycles. The highest BCUT2D eigenvalue weighted by atomic mass is 15.3. The molecule has 7 aliphatic heterocycles. The average Bonchev–Trinajstić information content (AvgIpc) is 1.74. The summed E-state index contributed by atoms with van der Waals surface area (Å²) in [6.45, 7) is 18.1. The van der Waals surface area contributed by atoms with Crippen LogP contribution >= 0.6 is 0 Å². The van der Waals surface area contributed by atoms with Gasteiger partial charge < -0.3 is 39.0 Å². The van der Waals surface area contributed by atoms with Gasteiger partial charge in [0.2, 0.25) is 0 Å². The van der Waals surface area contributed by atoms with Crippen LogP contribution in [0.15, 0.2) is 195 Å². The quantitative estimate of drug-likeness (QED) is 0.130. The van der Waals surface area contributed by atoms with Crippen LogP contribution < -0.4 is 20.4 Å². The highest BCUT2D eigenvalue weighted by molar-refractivity contribution is 5.76. The van der Waals surface area contributed by atoms with Crippen molar-refractivity contribution in [3.8, 4) is 97.1 Å². The Balaban J connectivity index is 0.000000112. The molecule has 0 bridgehead atoms. The van der Waals surface area contributed by atoms with Crippen LogP contribution in [0, 0.1) is 46.3 Å². The fourth-order valence-electron chi connectivity index (χ4n) is 15.9. The lowest BCUT2D eigenvalue weighted by Crippen LogP contribution is -2.50. The third-order valence-electron chi connectivity index (χ3n) is 21.5. The Hall–Kier alpha value is -11.1. The van der Waals surface area contributed by atoms with Crippen molar-refractivity contribution in [1.29, 1.82) is 10.5 Å². The van der Waals surface area contributed by atoms with E-state index >= 15 is 0 Å². The molecule has 99 heavy (non-hydrogen) atoms. The summed E-state index contributed by atoms with van der Waals surface area (Å²) in [5, 5.41) is 27.0. The summed E-state index contributed by atoms with van der Waals surface area (Å²) in [7, 11) is 0. The predicted molar refractivity (Wildman–Crippen MR) is 390 cm³/mol. The molecule has 0 aliphatic carbocycles. The van der Waals surface area contributed by atoms with Crippen molar-refractivity contribution in [1.82, 2.24) is 57.5 Å². The lowest BCUT2D eigenvalue weighted by Gasteiger charge is -2.40. The van der Waals surface area contributed by atoms with Gasteiger partial charge in [0.1, 0.15) is 12.1 Å². The van der Waals surface area contributed by atoms with Crippen molar-refractivity contribution in [2.75, 3.05) is 80.1 Å². The zero-order valence-corrected chi connectivity index (χ0v) is 56.2. The molecule has 19 rings (SSSR count). The highest BCUT2D eigenvalue weighted by Crippen LogP contribution is 2.41. The number of nitriles is 2. The van der Waals surface area contributed by atoms with E-state index < -0.39 is 0 Å². The topological polar surface area (TPSA) is 181 Å². The summed E-state index contributed by atoms with van der Waals surface area (Å²) in [6.07, 6.45) is 22.8. The number of rotatable bonds is 11. The molecule has 1 atom stereocenters. The minimum atomic E-state index is 0.602. The van der Waals surface area contributed by atoms with E-state index in [1.807, 2.05) is 79.6 Å². The van der Waals surface area contributed by atoms with Crippen LogP contribution in [-0.4, -0.2) is 123 Å². The number of imidazole rings is 2. The first-order valence-electron chi connectivity index (χ1n) is 35.3. The lowest BCUT2D eigenvalue weighted by atomic mass is 9.95. The van der Waals surface area contributed by atoms with E-state index in [0.717, 1.165) is 151 Å². The largest absolute Gasteiger partial charge is 0.371 e. The number of hydrogen-bond acceptors (Lipinski definition) is 12. The van der Waals surface area contributed by atoms with Gasteiger partial charge in [0.25, 0.3) is 0 Å². The summed E-state index contributed by atoms with van der Waals surface area (Å²) in [5.74, 6) is 6.91. The average molecular weight is 1310 g/mol. The number of piperidine rings is 1. The molecule has 7 aliphatic rings. The summed E-state index contributed by atoms with van der Waals surface area (Å²) in [5.41, 5.74) is 27.0. The first-order valence-corrected chi connectivity index (χ1v) is 35.3. The number of likely N-dealkylation sites (tertiary alicyclic amines) is 1. The Bertz CT molecular complexity index is 5000. The summed E-state index contributed by atoms with van der Waals surface area (Å²) in [4.78, 5) is 24.5. The molecule has 0 amide bonds. The molecular formula is C81H80N18. The molecule has 2 N–H and O–H groups in total. The van der Waals surface area contributed by atoms with Crippen LogP contribution in [0.3, 0.4) is 0 Å². The van der Waals surface area contributed by atoms with Gasteiger partial charge in [-0.25, -0.2) is 15.0 Å². The molecule has 0 unspecified atom stereocenters. The number of aromatic nitrogens is 11. The minimum absolute atomic E-state index is 0.602. The second kappa shape index (κ2) is 26.1. The second-order valence-corrected chi connectivity index (χ2v) is 28.1. The third kappa shape index (κ3) is 11.9. The zero-order chi connectivity index (χ0) is 66.7. The van der Waals surface area contributed by atoms with Crippen molar-refractivity contribution in [3.63, 3.8) is 0 Å². The zero-order valence-electron chi connectivity index (χ0n) is 56.2. The van der Waals surface area contributed by atoms with Crippen LogP contribution in [0.2, 0.25) is 0 Å². The maximum atomic E-state index is 9.09. The lowest BCUT2D eigenvalue weighted by molar-refractivity contribution is 0.171. The van der Waals surface area contributed by atoms with Gasteiger partial charge in [-0.1, -0.05) is 74.9 Å². The van der Waals surface area contributed by atoms with Crippen LogP contribution in [0.25, 0.3) is 85.0 Å². The van der Waals surface area contributed by atoms with Gasteiger partial charge in [-0.2, -0.15) is 10.5 Å². The molecule has 4 saturated heterocycles. The molecule has 0 radical (unpaired) electrons. The number of fused-ring (bicyclic) bond motifs is 15. The maximum absolute atomic E-state index is 9.09. The smallest absolute Gasteiger partial charge is 0.185 e. The molecule has 0 saturated carbocycles. The molecular weight excluding hydrogens is 1230 g/mol. The Morgan fingerprint density at radius 2 is 1.04 bits per heavy atom. The first kappa shape index (κ1) is 61.5. The standard InChI is InChI=1S/C30H34N6.C26H24N6.C25H22N6/c1-22-9-12-33(13-10-22)17-23-11-14-34(18-23)27-7-8-28-26(15-27)20-35-19-25(24-5-3-2-4-6-24)16-29(35)30-32-31-21-36(28)30;1-2-3-19-14-31(15-19)25-9-8-23-22(29-25)17-30-16-21(20-6-4-18(13-27)5-7-20)12-24(30)26-28-10-11-32(23)26;26-11-17-1-3-19(4-2-17)20-10-24-25-28-7-8-31(25)23-6-5-22(29-13-18(12-27)14-29)9-21(23)16-30(24)15-20/h2-8,15-16,19,21-23H,9-14,17-18,20H2,1H3;4-12,16,19H,2-3,14-15,17H2,1H3;1-10,15,18H,12-14,16,27H2/t23-;;/m1../s1. The van der Waals surface area contributed by atoms with E-state index in [-0.39, 0.29) is 0 Å². The van der Waals surface area contributed by atoms with Crippen molar-refractivity contribution >= 4 is 17.2 Å². The Morgan fingerprint density at radius 3 is 1.64 bits per heavy atom. The summed E-state index contributed by atoms with van der Waals surface area (Å²) >= 11 is 0. The summed E-state index contributed by atoms with van der Waals surface area (Å²) in [6, 6.07) is 55.0. The Morgan fingerprint density at radius 1 is 0.505 bits per heavy atom. The molecule has 14 heterocycles. The first-order chi connectivity index (χ1) is 48.7. The van der Waals surface area contributed by atoms with E-state index in [1.54, 1.807) is 0 Å². The molecule has 7 aromatic heterocycles. The van der Waals surface area contributed by atoms with E-state index in [4.69, 9.17) is 21.2 Å². The second-order valence-electron chi connectivity index (χ2n) is 28.1. The van der Waals surface area contributed by atoms with Crippen molar-refractivity contribution in [3.05, 3.63) is 223 Å². The predicted octanol–water partition coefficient (Wildman–Crippen LogP) is 13.8. The summed E-state index contributed by atoms with van der Waals surface area (Å²) < 4.78 is 13.3. The van der Waals surface area contributed by atoms with E-state index in [1.165, 1.54) is 96.7 Å². The van der Waals surface area contributed by atoms with Crippen molar-refractivity contribution < 1.29 is 0 Å². The maximum Gasteiger partial charge on any atom is 0.185 e. The van der Waals surface area contributed by atoms with Gasteiger partial charge in [0, 0.05) is 136 Å². The van der Waals surface area contributed by atoms with E-state index in [2.05, 4.69) is 209 Å².